The summed E-state index contributed by atoms with van der Waals surface area (Å²) in [4.78, 5) is 14.9. The quantitative estimate of drug-likeness (QED) is 0.647. The maximum atomic E-state index is 12.8. The molecule has 156 valence electrons. The van der Waals surface area contributed by atoms with Crippen molar-refractivity contribution in [2.24, 2.45) is 0 Å². The van der Waals surface area contributed by atoms with E-state index in [4.69, 9.17) is 9.15 Å². The predicted octanol–water partition coefficient (Wildman–Crippen LogP) is 3.52. The summed E-state index contributed by atoms with van der Waals surface area (Å²) in [5.41, 5.74) is 1.80. The van der Waals surface area contributed by atoms with E-state index in [0.717, 1.165) is 42.8 Å². The molecule has 2 heterocycles. The molecule has 1 amide bonds. The fraction of sp³-hybridized carbons (Fsp3) is 0.348. The first-order chi connectivity index (χ1) is 14.7. The van der Waals surface area contributed by atoms with Gasteiger partial charge in [-0.25, -0.2) is 0 Å². The molecule has 1 saturated heterocycles. The van der Waals surface area contributed by atoms with E-state index in [9.17, 15) is 4.79 Å². The summed E-state index contributed by atoms with van der Waals surface area (Å²) in [5, 5.41) is 11.6. The van der Waals surface area contributed by atoms with E-state index in [2.05, 4.69) is 20.4 Å². The van der Waals surface area contributed by atoms with Gasteiger partial charge in [-0.15, -0.1) is 5.10 Å². The lowest BCUT2D eigenvalue weighted by atomic mass is 10.1. The van der Waals surface area contributed by atoms with Gasteiger partial charge < -0.3 is 19.4 Å². The Hall–Kier alpha value is -3.35. The zero-order chi connectivity index (χ0) is 20.8. The van der Waals surface area contributed by atoms with E-state index in [1.165, 1.54) is 6.42 Å². The molecule has 0 radical (unpaired) electrons. The molecule has 1 atom stereocenters. The van der Waals surface area contributed by atoms with E-state index >= 15 is 0 Å². The van der Waals surface area contributed by atoms with Crippen molar-refractivity contribution >= 4 is 11.9 Å². The molecular formula is C23H26N4O3. The van der Waals surface area contributed by atoms with Gasteiger partial charge in [0.25, 0.3) is 0 Å². The van der Waals surface area contributed by atoms with Crippen molar-refractivity contribution < 1.29 is 13.9 Å². The van der Waals surface area contributed by atoms with Crippen molar-refractivity contribution in [1.29, 1.82) is 0 Å². The number of carbonyl (C=O) groups is 1. The van der Waals surface area contributed by atoms with Crippen molar-refractivity contribution in [3.63, 3.8) is 0 Å². The van der Waals surface area contributed by atoms with E-state index in [1.807, 2.05) is 54.6 Å². The molecule has 1 aromatic heterocycles. The maximum Gasteiger partial charge on any atom is 0.318 e. The first-order valence-corrected chi connectivity index (χ1v) is 10.3. The van der Waals surface area contributed by atoms with Crippen molar-refractivity contribution in [2.75, 3.05) is 25.1 Å². The highest BCUT2D eigenvalue weighted by Gasteiger charge is 2.25. The molecule has 2 aromatic carbocycles. The zero-order valence-corrected chi connectivity index (χ0v) is 17.1. The van der Waals surface area contributed by atoms with Crippen LogP contribution in [0.25, 0.3) is 0 Å². The van der Waals surface area contributed by atoms with Crippen LogP contribution in [0, 0.1) is 0 Å². The monoisotopic (exact) mass is 406 g/mol. The van der Waals surface area contributed by atoms with Crippen LogP contribution in [0.2, 0.25) is 0 Å². The van der Waals surface area contributed by atoms with Gasteiger partial charge in [0.15, 0.2) is 0 Å². The van der Waals surface area contributed by atoms with Gasteiger partial charge in [0.2, 0.25) is 11.8 Å². The fourth-order valence-corrected chi connectivity index (χ4v) is 3.63. The number of amides is 1. The molecule has 3 aromatic rings. The van der Waals surface area contributed by atoms with Gasteiger partial charge in [0.1, 0.15) is 11.8 Å². The Morgan fingerprint density at radius 2 is 1.80 bits per heavy atom. The third kappa shape index (κ3) is 4.79. The van der Waals surface area contributed by atoms with Gasteiger partial charge in [0, 0.05) is 13.1 Å². The number of rotatable bonds is 7. The Bertz CT molecular complexity index is 950. The summed E-state index contributed by atoms with van der Waals surface area (Å²) in [7, 11) is 1.62. The highest BCUT2D eigenvalue weighted by molar-refractivity contribution is 5.79. The molecule has 0 spiro atoms. The molecule has 0 aliphatic carbocycles. The summed E-state index contributed by atoms with van der Waals surface area (Å²) >= 11 is 0. The number of aromatic nitrogens is 2. The van der Waals surface area contributed by atoms with Crippen LogP contribution < -0.4 is 15.0 Å². The standard InChI is InChI=1S/C23H26N4O3/c1-29-19-12-10-17(11-13-19)16-20(28)24-21(18-8-4-2-5-9-18)22-25-26-23(30-22)27-14-6-3-7-15-27/h2,4-5,8-13,21H,3,6-7,14-16H2,1H3,(H,24,28)/t21-/m1/s1. The second kappa shape index (κ2) is 9.43. The Balaban J connectivity index is 1.51. The third-order valence-corrected chi connectivity index (χ3v) is 5.27. The number of ether oxygens (including phenoxy) is 1. The first kappa shape index (κ1) is 19.9. The number of nitrogens with zero attached hydrogens (tertiary/aromatic N) is 3. The third-order valence-electron chi connectivity index (χ3n) is 5.27. The van der Waals surface area contributed by atoms with E-state index < -0.39 is 6.04 Å². The predicted molar refractivity (Wildman–Crippen MR) is 113 cm³/mol. The topological polar surface area (TPSA) is 80.5 Å². The zero-order valence-electron chi connectivity index (χ0n) is 17.1. The number of hydrogen-bond donors (Lipinski definition) is 1. The maximum absolute atomic E-state index is 12.8. The first-order valence-electron chi connectivity index (χ1n) is 10.3. The molecule has 1 fully saturated rings. The lowest BCUT2D eigenvalue weighted by Gasteiger charge is -2.24. The van der Waals surface area contributed by atoms with Crippen LogP contribution in [-0.4, -0.2) is 36.3 Å². The number of anilines is 1. The second-order valence-corrected chi connectivity index (χ2v) is 7.41. The van der Waals surface area contributed by atoms with Gasteiger partial charge in [0.05, 0.1) is 13.5 Å². The van der Waals surface area contributed by atoms with Crippen LogP contribution in [0.4, 0.5) is 6.01 Å². The number of piperidine rings is 1. The van der Waals surface area contributed by atoms with Crippen molar-refractivity contribution in [3.05, 3.63) is 71.6 Å². The number of methoxy groups -OCH3 is 1. The van der Waals surface area contributed by atoms with Crippen LogP contribution in [0.3, 0.4) is 0 Å². The highest BCUT2D eigenvalue weighted by atomic mass is 16.5. The van der Waals surface area contributed by atoms with Gasteiger partial charge in [-0.3, -0.25) is 4.79 Å². The molecule has 7 nitrogen and oxygen atoms in total. The van der Waals surface area contributed by atoms with Gasteiger partial charge >= 0.3 is 6.01 Å². The average Bonchev–Trinajstić information content (AvgIpc) is 3.29. The minimum absolute atomic E-state index is 0.119. The lowest BCUT2D eigenvalue weighted by Crippen LogP contribution is -2.31. The fourth-order valence-electron chi connectivity index (χ4n) is 3.63. The molecule has 4 rings (SSSR count). The minimum atomic E-state index is -0.497. The summed E-state index contributed by atoms with van der Waals surface area (Å²) < 4.78 is 11.2. The molecule has 1 N–H and O–H groups in total. The van der Waals surface area contributed by atoms with Gasteiger partial charge in [-0.05, 0) is 42.5 Å². The molecule has 1 aliphatic heterocycles. The minimum Gasteiger partial charge on any atom is -0.497 e. The molecule has 30 heavy (non-hydrogen) atoms. The number of hydrogen-bond acceptors (Lipinski definition) is 6. The average molecular weight is 406 g/mol. The molecule has 0 saturated carbocycles. The second-order valence-electron chi connectivity index (χ2n) is 7.41. The van der Waals surface area contributed by atoms with E-state index in [1.54, 1.807) is 7.11 Å². The van der Waals surface area contributed by atoms with E-state index in [0.29, 0.717) is 11.9 Å². The molecule has 1 aliphatic rings. The van der Waals surface area contributed by atoms with Crippen LogP contribution in [0.15, 0.2) is 59.0 Å². The Morgan fingerprint density at radius 3 is 2.50 bits per heavy atom. The van der Waals surface area contributed by atoms with E-state index in [-0.39, 0.29) is 12.3 Å². The van der Waals surface area contributed by atoms with Crippen molar-refractivity contribution in [1.82, 2.24) is 15.5 Å². The largest absolute Gasteiger partial charge is 0.497 e. The Morgan fingerprint density at radius 1 is 1.07 bits per heavy atom. The number of carbonyl (C=O) groups excluding carboxylic acids is 1. The van der Waals surface area contributed by atoms with Gasteiger partial charge in [-0.2, -0.15) is 0 Å². The molecular weight excluding hydrogens is 380 g/mol. The van der Waals surface area contributed by atoms with Crippen molar-refractivity contribution in [3.8, 4) is 5.75 Å². The molecule has 0 unspecified atom stereocenters. The lowest BCUT2D eigenvalue weighted by molar-refractivity contribution is -0.121. The summed E-state index contributed by atoms with van der Waals surface area (Å²) in [6.45, 7) is 1.84. The van der Waals surface area contributed by atoms with Crippen LogP contribution in [0.1, 0.15) is 42.3 Å². The van der Waals surface area contributed by atoms with Crippen LogP contribution in [-0.2, 0) is 11.2 Å². The van der Waals surface area contributed by atoms with Crippen molar-refractivity contribution in [2.45, 2.75) is 31.7 Å². The normalized spacial score (nSPS) is 14.9. The Labute approximate surface area is 176 Å². The summed E-state index contributed by atoms with van der Waals surface area (Å²) in [6, 6.07) is 17.2. The highest BCUT2D eigenvalue weighted by Crippen LogP contribution is 2.25. The number of benzene rings is 2. The number of nitrogens with one attached hydrogen (secondary N) is 1. The summed E-state index contributed by atoms with van der Waals surface area (Å²) in [6.07, 6.45) is 3.73. The van der Waals surface area contributed by atoms with Crippen LogP contribution >= 0.6 is 0 Å². The Kier molecular flexibility index (Phi) is 6.27. The van der Waals surface area contributed by atoms with Crippen LogP contribution in [0.5, 0.6) is 5.75 Å². The smallest absolute Gasteiger partial charge is 0.318 e. The SMILES string of the molecule is COc1ccc(CC(=O)N[C@H](c2ccccc2)c2nnc(N3CCCCC3)o2)cc1. The molecule has 7 heteroatoms. The van der Waals surface area contributed by atoms with Gasteiger partial charge in [-0.1, -0.05) is 47.6 Å². The summed E-state index contributed by atoms with van der Waals surface area (Å²) in [5.74, 6) is 1.04. The molecule has 0 bridgehead atoms.